The van der Waals surface area contributed by atoms with Crippen molar-refractivity contribution in [3.8, 4) is 16.9 Å². The van der Waals surface area contributed by atoms with Crippen LogP contribution in [0.5, 0.6) is 0 Å². The van der Waals surface area contributed by atoms with Crippen LogP contribution in [-0.4, -0.2) is 15.0 Å². The van der Waals surface area contributed by atoms with Gasteiger partial charge in [0.2, 0.25) is 0 Å². The monoisotopic (exact) mass is 292 g/mol. The van der Waals surface area contributed by atoms with Crippen molar-refractivity contribution >= 4 is 5.82 Å². The molecule has 0 spiro atoms. The first-order valence-electron chi connectivity index (χ1n) is 7.48. The molecule has 3 aromatic rings. The van der Waals surface area contributed by atoms with Gasteiger partial charge in [-0.05, 0) is 49.1 Å². The van der Waals surface area contributed by atoms with Gasteiger partial charge >= 0.3 is 0 Å². The standard InChI is InChI=1S/C18H20N4/c1-4-14-6-8-15(9-7-14)17-18(19)22(21-20-17)16-10-5-12(2)13(3)11-16/h5-11H,4,19H2,1-3H3. The summed E-state index contributed by atoms with van der Waals surface area (Å²) in [5, 5.41) is 8.48. The SMILES string of the molecule is CCc1ccc(-c2nnn(-c3ccc(C)c(C)c3)c2N)cc1. The Morgan fingerprint density at radius 2 is 1.73 bits per heavy atom. The largest absolute Gasteiger partial charge is 0.382 e. The molecule has 0 atom stereocenters. The lowest BCUT2D eigenvalue weighted by atomic mass is 10.1. The zero-order valence-corrected chi connectivity index (χ0v) is 13.2. The number of nitrogens with zero attached hydrogens (tertiary/aromatic N) is 3. The molecule has 22 heavy (non-hydrogen) atoms. The van der Waals surface area contributed by atoms with Gasteiger partial charge in [-0.15, -0.1) is 5.10 Å². The van der Waals surface area contributed by atoms with Crippen LogP contribution in [0.15, 0.2) is 42.5 Å². The van der Waals surface area contributed by atoms with E-state index in [4.69, 9.17) is 5.73 Å². The van der Waals surface area contributed by atoms with Gasteiger partial charge < -0.3 is 5.73 Å². The van der Waals surface area contributed by atoms with Crippen molar-refractivity contribution in [2.45, 2.75) is 27.2 Å². The number of rotatable bonds is 3. The maximum atomic E-state index is 6.26. The summed E-state index contributed by atoms with van der Waals surface area (Å²) in [6, 6.07) is 14.4. The Morgan fingerprint density at radius 1 is 1.00 bits per heavy atom. The normalized spacial score (nSPS) is 10.9. The molecule has 0 saturated carbocycles. The zero-order chi connectivity index (χ0) is 15.7. The highest BCUT2D eigenvalue weighted by atomic mass is 15.5. The summed E-state index contributed by atoms with van der Waals surface area (Å²) in [5.41, 5.74) is 12.7. The fourth-order valence-electron chi connectivity index (χ4n) is 2.44. The quantitative estimate of drug-likeness (QED) is 0.801. The van der Waals surface area contributed by atoms with Crippen LogP contribution in [0.3, 0.4) is 0 Å². The van der Waals surface area contributed by atoms with Crippen molar-refractivity contribution in [1.29, 1.82) is 0 Å². The van der Waals surface area contributed by atoms with Gasteiger partial charge in [0.1, 0.15) is 5.69 Å². The van der Waals surface area contributed by atoms with Crippen LogP contribution in [0, 0.1) is 13.8 Å². The summed E-state index contributed by atoms with van der Waals surface area (Å²) in [5.74, 6) is 0.563. The van der Waals surface area contributed by atoms with Crippen LogP contribution in [0.25, 0.3) is 16.9 Å². The molecule has 1 heterocycles. The average molecular weight is 292 g/mol. The molecule has 0 fully saturated rings. The van der Waals surface area contributed by atoms with Crippen LogP contribution in [-0.2, 0) is 6.42 Å². The molecular weight excluding hydrogens is 272 g/mol. The molecule has 0 bridgehead atoms. The summed E-state index contributed by atoms with van der Waals surface area (Å²) in [7, 11) is 0. The van der Waals surface area contributed by atoms with Crippen LogP contribution in [0.4, 0.5) is 5.82 Å². The molecular formula is C18H20N4. The van der Waals surface area contributed by atoms with Crippen molar-refractivity contribution in [2.24, 2.45) is 0 Å². The molecule has 0 aliphatic rings. The summed E-state index contributed by atoms with van der Waals surface area (Å²) >= 11 is 0. The highest BCUT2D eigenvalue weighted by Crippen LogP contribution is 2.26. The number of nitrogens with two attached hydrogens (primary N) is 1. The summed E-state index contributed by atoms with van der Waals surface area (Å²) < 4.78 is 1.69. The van der Waals surface area contributed by atoms with Gasteiger partial charge in [-0.3, -0.25) is 0 Å². The second-order valence-electron chi connectivity index (χ2n) is 5.55. The first-order chi connectivity index (χ1) is 10.6. The van der Waals surface area contributed by atoms with Crippen LogP contribution >= 0.6 is 0 Å². The van der Waals surface area contributed by atoms with Crippen LogP contribution in [0.1, 0.15) is 23.6 Å². The molecule has 0 saturated heterocycles. The minimum absolute atomic E-state index is 0.563. The predicted octanol–water partition coefficient (Wildman–Crippen LogP) is 3.70. The molecule has 1 aromatic heterocycles. The lowest BCUT2D eigenvalue weighted by molar-refractivity contribution is 0.809. The van der Waals surface area contributed by atoms with Crippen molar-refractivity contribution in [3.63, 3.8) is 0 Å². The van der Waals surface area contributed by atoms with E-state index in [9.17, 15) is 0 Å². The molecule has 2 aromatic carbocycles. The third-order valence-corrected chi connectivity index (χ3v) is 4.08. The zero-order valence-electron chi connectivity index (χ0n) is 13.2. The lowest BCUT2D eigenvalue weighted by Crippen LogP contribution is -2.03. The second-order valence-corrected chi connectivity index (χ2v) is 5.55. The molecule has 0 aliphatic carbocycles. The molecule has 0 unspecified atom stereocenters. The Labute approximate surface area is 130 Å². The number of aryl methyl sites for hydroxylation is 3. The van der Waals surface area contributed by atoms with E-state index in [0.717, 1.165) is 23.4 Å². The lowest BCUT2D eigenvalue weighted by Gasteiger charge is -2.06. The third-order valence-electron chi connectivity index (χ3n) is 4.08. The Morgan fingerprint density at radius 3 is 2.36 bits per heavy atom. The second kappa shape index (κ2) is 5.64. The highest BCUT2D eigenvalue weighted by Gasteiger charge is 2.13. The maximum absolute atomic E-state index is 6.26. The van der Waals surface area contributed by atoms with Crippen LogP contribution in [0.2, 0.25) is 0 Å². The summed E-state index contributed by atoms with van der Waals surface area (Å²) in [6.45, 7) is 6.31. The molecule has 0 amide bonds. The van der Waals surface area contributed by atoms with Gasteiger partial charge in [0.05, 0.1) is 5.69 Å². The molecule has 0 radical (unpaired) electrons. The molecule has 112 valence electrons. The van der Waals surface area contributed by atoms with Gasteiger partial charge in [-0.2, -0.15) is 4.68 Å². The fraction of sp³-hybridized carbons (Fsp3) is 0.222. The Kier molecular flexibility index (Phi) is 3.67. The van der Waals surface area contributed by atoms with E-state index in [-0.39, 0.29) is 0 Å². The van der Waals surface area contributed by atoms with Gasteiger partial charge in [-0.1, -0.05) is 42.5 Å². The van der Waals surface area contributed by atoms with Gasteiger partial charge in [-0.25, -0.2) is 0 Å². The Hall–Kier alpha value is -2.62. The molecule has 4 heteroatoms. The first kappa shape index (κ1) is 14.3. The van der Waals surface area contributed by atoms with E-state index in [2.05, 4.69) is 55.3 Å². The maximum Gasteiger partial charge on any atom is 0.155 e. The Bertz CT molecular complexity index is 800. The molecule has 3 rings (SSSR count). The number of hydrogen-bond donors (Lipinski definition) is 1. The third kappa shape index (κ3) is 2.48. The van der Waals surface area contributed by atoms with E-state index < -0.39 is 0 Å². The summed E-state index contributed by atoms with van der Waals surface area (Å²) in [6.07, 6.45) is 1.02. The smallest absolute Gasteiger partial charge is 0.155 e. The van der Waals surface area contributed by atoms with Gasteiger partial charge in [0.25, 0.3) is 0 Å². The first-order valence-corrected chi connectivity index (χ1v) is 7.48. The predicted molar refractivity (Wildman–Crippen MR) is 90.1 cm³/mol. The minimum Gasteiger partial charge on any atom is -0.382 e. The van der Waals surface area contributed by atoms with Gasteiger partial charge in [0, 0.05) is 5.56 Å². The van der Waals surface area contributed by atoms with E-state index in [0.29, 0.717) is 5.82 Å². The average Bonchev–Trinajstić information content (AvgIpc) is 2.92. The minimum atomic E-state index is 0.563. The number of aromatic nitrogens is 3. The van der Waals surface area contributed by atoms with Crippen molar-refractivity contribution < 1.29 is 0 Å². The number of benzene rings is 2. The fourth-order valence-corrected chi connectivity index (χ4v) is 2.44. The number of nitrogen functional groups attached to an aromatic ring is 1. The van der Waals surface area contributed by atoms with Gasteiger partial charge in [0.15, 0.2) is 5.82 Å². The van der Waals surface area contributed by atoms with E-state index >= 15 is 0 Å². The topological polar surface area (TPSA) is 56.7 Å². The number of hydrogen-bond acceptors (Lipinski definition) is 3. The van der Waals surface area contributed by atoms with E-state index in [1.165, 1.54) is 16.7 Å². The van der Waals surface area contributed by atoms with Crippen molar-refractivity contribution in [1.82, 2.24) is 15.0 Å². The molecule has 0 aliphatic heterocycles. The van der Waals surface area contributed by atoms with Crippen molar-refractivity contribution in [2.75, 3.05) is 5.73 Å². The molecule has 2 N–H and O–H groups in total. The van der Waals surface area contributed by atoms with E-state index in [1.807, 2.05) is 18.2 Å². The number of anilines is 1. The molecule has 4 nitrogen and oxygen atoms in total. The Balaban J connectivity index is 2.02. The summed E-state index contributed by atoms with van der Waals surface area (Å²) in [4.78, 5) is 0. The van der Waals surface area contributed by atoms with E-state index in [1.54, 1.807) is 4.68 Å². The van der Waals surface area contributed by atoms with Crippen molar-refractivity contribution in [3.05, 3.63) is 59.2 Å². The van der Waals surface area contributed by atoms with Crippen LogP contribution < -0.4 is 5.73 Å². The highest BCUT2D eigenvalue weighted by molar-refractivity contribution is 5.71.